The van der Waals surface area contributed by atoms with Crippen LogP contribution in [0.15, 0.2) is 64.6 Å². The van der Waals surface area contributed by atoms with Crippen molar-refractivity contribution < 1.29 is 43.1 Å². The van der Waals surface area contributed by atoms with E-state index < -0.39 is 54.1 Å². The average Bonchev–Trinajstić information content (AvgIpc) is 3.67. The summed E-state index contributed by atoms with van der Waals surface area (Å²) in [6.45, 7) is 5.17. The molecule has 1 amide bonds. The summed E-state index contributed by atoms with van der Waals surface area (Å²) in [6, 6.07) is 8.18. The van der Waals surface area contributed by atoms with Crippen molar-refractivity contribution in [2.75, 3.05) is 43.0 Å². The number of hydrogen-bond donors (Lipinski definition) is 6. The minimum atomic E-state index is -3.89. The fourth-order valence-electron chi connectivity index (χ4n) is 6.69. The summed E-state index contributed by atoms with van der Waals surface area (Å²) in [5.41, 5.74) is -0.657. The van der Waals surface area contributed by atoms with Crippen LogP contribution in [0.1, 0.15) is 47.6 Å². The summed E-state index contributed by atoms with van der Waals surface area (Å²) in [6.07, 6.45) is -2.63. The third-order valence-corrected chi connectivity index (χ3v) is 9.82. The van der Waals surface area contributed by atoms with Crippen molar-refractivity contribution in [2.45, 2.75) is 50.7 Å². The molecule has 300 valence electrons. The first-order chi connectivity index (χ1) is 27.2. The number of ether oxygens (including phenoxy) is 1. The van der Waals surface area contributed by atoms with E-state index in [0.29, 0.717) is 47.7 Å². The van der Waals surface area contributed by atoms with Crippen LogP contribution in [0.25, 0.3) is 17.1 Å². The maximum atomic E-state index is 15.5. The van der Waals surface area contributed by atoms with Crippen LogP contribution >= 0.6 is 0 Å². The first-order valence-electron chi connectivity index (χ1n) is 17.7. The molecule has 3 atom stereocenters. The molecule has 0 aliphatic carbocycles. The van der Waals surface area contributed by atoms with Crippen molar-refractivity contribution in [3.8, 4) is 28.6 Å². The third kappa shape index (κ3) is 7.56. The van der Waals surface area contributed by atoms with Crippen molar-refractivity contribution in [3.63, 3.8) is 0 Å². The van der Waals surface area contributed by atoms with E-state index in [1.807, 2.05) is 23.6 Å². The van der Waals surface area contributed by atoms with Gasteiger partial charge >= 0.3 is 17.3 Å². The zero-order chi connectivity index (χ0) is 40.8. The van der Waals surface area contributed by atoms with Crippen LogP contribution in [0.4, 0.5) is 24.8 Å². The smallest absolute Gasteiger partial charge is 0.351 e. The summed E-state index contributed by atoms with van der Waals surface area (Å²) in [5.74, 6) is -5.45. The van der Waals surface area contributed by atoms with E-state index >= 15 is 4.39 Å². The summed E-state index contributed by atoms with van der Waals surface area (Å²) in [7, 11) is 0. The number of carbonyl (C=O) groups is 1. The van der Waals surface area contributed by atoms with Gasteiger partial charge in [0.1, 0.15) is 40.7 Å². The molecule has 2 aliphatic rings. The molecule has 0 saturated carbocycles. The Hall–Kier alpha value is -6.16. The van der Waals surface area contributed by atoms with Crippen LogP contribution < -0.4 is 21.6 Å². The molecule has 6 N–H and O–H groups in total. The molecular formula is C36H37F3N10O8. The lowest BCUT2D eigenvalue weighted by molar-refractivity contribution is -0.140. The lowest BCUT2D eigenvalue weighted by Gasteiger charge is -2.35. The van der Waals surface area contributed by atoms with E-state index in [4.69, 9.17) is 4.74 Å². The zero-order valence-corrected chi connectivity index (χ0v) is 30.4. The normalized spacial score (nSPS) is 19.6. The topological polar surface area (TPSA) is 237 Å². The predicted molar refractivity (Wildman–Crippen MR) is 195 cm³/mol. The van der Waals surface area contributed by atoms with Crippen molar-refractivity contribution in [1.82, 2.24) is 39.2 Å². The maximum absolute atomic E-state index is 15.5. The molecule has 0 unspecified atom stereocenters. The molecule has 18 nitrogen and oxygen atoms in total. The SMILES string of the molecule is CC(C)c1cc(-c2n[nH]c(=O)n2-c2ccc(CN3CCN(c4cnc(C(=O)Nc5ccn([C@@H]6O[C@H](CO)[C@@H](O)C6(F)F)c(=O)n5)cn4)CC3)c(F)c2)c(O)cc1O. The number of amides is 1. The number of phenols is 2. The lowest BCUT2D eigenvalue weighted by Crippen LogP contribution is -2.46. The van der Waals surface area contributed by atoms with Gasteiger partial charge in [0, 0.05) is 50.6 Å². The quantitative estimate of drug-likeness (QED) is 0.118. The molecule has 2 aliphatic heterocycles. The van der Waals surface area contributed by atoms with E-state index in [2.05, 4.69) is 30.5 Å². The highest BCUT2D eigenvalue weighted by Crippen LogP contribution is 2.42. The Morgan fingerprint density at radius 3 is 2.44 bits per heavy atom. The Labute approximate surface area is 320 Å². The molecule has 7 rings (SSSR count). The second kappa shape index (κ2) is 15.4. The monoisotopic (exact) mass is 794 g/mol. The lowest BCUT2D eigenvalue weighted by atomic mass is 9.98. The van der Waals surface area contributed by atoms with Crippen LogP contribution in [0.5, 0.6) is 11.5 Å². The third-order valence-electron chi connectivity index (χ3n) is 9.82. The van der Waals surface area contributed by atoms with Gasteiger partial charge < -0.3 is 35.4 Å². The minimum Gasteiger partial charge on any atom is -0.508 e. The Kier molecular flexibility index (Phi) is 10.6. The number of benzene rings is 2. The molecule has 5 aromatic rings. The largest absolute Gasteiger partial charge is 0.508 e. The first-order valence-corrected chi connectivity index (χ1v) is 17.7. The Bertz CT molecular complexity index is 2410. The molecule has 0 spiro atoms. The van der Waals surface area contributed by atoms with Crippen LogP contribution in [0, 0.1) is 5.82 Å². The first kappa shape index (κ1) is 39.1. The number of carbonyl (C=O) groups excluding carboxylic acids is 1. The molecule has 21 heteroatoms. The number of nitrogens with zero attached hydrogens (tertiary/aromatic N) is 8. The maximum Gasteiger partial charge on any atom is 0.351 e. The Balaban J connectivity index is 0.953. The number of nitrogens with one attached hydrogen (secondary N) is 2. The number of aliphatic hydroxyl groups is 2. The van der Waals surface area contributed by atoms with Gasteiger partial charge in [-0.2, -0.15) is 18.9 Å². The van der Waals surface area contributed by atoms with E-state index in [1.54, 1.807) is 18.2 Å². The molecular weight excluding hydrogens is 757 g/mol. The standard InChI is InChI=1S/C36H37F3N10O8/c1-18(2)21-12-22(26(52)13-25(21)51)31-44-45-35(56)49(31)20-4-3-19(23(37)11-20)16-46-7-9-47(10-8-46)29-15-40-24(14-41-29)32(54)42-28-5-6-48(34(55)43-28)33-36(38,39)30(53)27(17-50)57-33/h3-6,11-15,18,27,30,33,50-53H,7-10,16-17H2,1-2H3,(H,45,56)(H,42,43,54,55)/t27-,30-,33-/m1/s1. The number of aromatic nitrogens is 7. The molecule has 5 heterocycles. The molecule has 2 saturated heterocycles. The van der Waals surface area contributed by atoms with E-state index in [-0.39, 0.29) is 52.5 Å². The summed E-state index contributed by atoms with van der Waals surface area (Å²) >= 11 is 0. The second-order valence-electron chi connectivity index (χ2n) is 13.9. The van der Waals surface area contributed by atoms with Crippen molar-refractivity contribution in [2.24, 2.45) is 0 Å². The number of aromatic amines is 1. The highest BCUT2D eigenvalue weighted by atomic mass is 19.3. The molecule has 2 aromatic carbocycles. The zero-order valence-electron chi connectivity index (χ0n) is 30.4. The number of hydrogen-bond acceptors (Lipinski definition) is 14. The van der Waals surface area contributed by atoms with Crippen LogP contribution in [0.3, 0.4) is 0 Å². The van der Waals surface area contributed by atoms with Gasteiger partial charge in [0.2, 0.25) is 6.23 Å². The van der Waals surface area contributed by atoms with E-state index in [0.717, 1.165) is 16.8 Å². The Morgan fingerprint density at radius 2 is 1.81 bits per heavy atom. The van der Waals surface area contributed by atoms with Gasteiger partial charge in [0.25, 0.3) is 5.91 Å². The number of phenolic OH excluding ortho intramolecular Hbond substituents is 2. The highest BCUT2D eigenvalue weighted by Gasteiger charge is 2.59. The summed E-state index contributed by atoms with van der Waals surface area (Å²) in [4.78, 5) is 54.2. The van der Waals surface area contributed by atoms with Crippen LogP contribution in [-0.4, -0.2) is 116 Å². The molecule has 2 fully saturated rings. The fourth-order valence-corrected chi connectivity index (χ4v) is 6.69. The van der Waals surface area contributed by atoms with Crippen molar-refractivity contribution >= 4 is 17.5 Å². The minimum absolute atomic E-state index is 0.0479. The fraction of sp³-hybridized carbons (Fsp3) is 0.361. The van der Waals surface area contributed by atoms with Crippen molar-refractivity contribution in [3.05, 3.63) is 98.6 Å². The number of piperazine rings is 1. The number of anilines is 2. The number of halogens is 3. The van der Waals surface area contributed by atoms with Gasteiger partial charge in [-0.05, 0) is 35.7 Å². The second-order valence-corrected chi connectivity index (χ2v) is 13.9. The van der Waals surface area contributed by atoms with Crippen molar-refractivity contribution in [1.29, 1.82) is 0 Å². The van der Waals surface area contributed by atoms with Gasteiger partial charge in [-0.3, -0.25) is 14.3 Å². The highest BCUT2D eigenvalue weighted by molar-refractivity contribution is 6.02. The molecule has 57 heavy (non-hydrogen) atoms. The summed E-state index contributed by atoms with van der Waals surface area (Å²) < 4.78 is 51.1. The van der Waals surface area contributed by atoms with Gasteiger partial charge in [0.15, 0.2) is 11.9 Å². The summed E-state index contributed by atoms with van der Waals surface area (Å²) in [5, 5.41) is 48.5. The number of rotatable bonds is 10. The van der Waals surface area contributed by atoms with Crippen LogP contribution in [0.2, 0.25) is 0 Å². The molecule has 0 bridgehead atoms. The van der Waals surface area contributed by atoms with Gasteiger partial charge in [-0.25, -0.2) is 33.6 Å². The number of alkyl halides is 2. The average molecular weight is 795 g/mol. The van der Waals surface area contributed by atoms with E-state index in [1.165, 1.54) is 24.5 Å². The Morgan fingerprint density at radius 1 is 1.05 bits per heavy atom. The van der Waals surface area contributed by atoms with Gasteiger partial charge in [-0.15, -0.1) is 0 Å². The number of aliphatic hydroxyl groups excluding tert-OH is 2. The number of H-pyrrole nitrogens is 1. The molecule has 3 aromatic heterocycles. The van der Waals surface area contributed by atoms with E-state index in [9.17, 15) is 43.6 Å². The predicted octanol–water partition coefficient (Wildman–Crippen LogP) is 1.71. The van der Waals surface area contributed by atoms with Gasteiger partial charge in [-0.1, -0.05) is 19.9 Å². The van der Waals surface area contributed by atoms with Gasteiger partial charge in [0.05, 0.1) is 30.3 Å². The number of aromatic hydroxyl groups is 2. The molecule has 0 radical (unpaired) electrons. The van der Waals surface area contributed by atoms with Crippen LogP contribution in [-0.2, 0) is 11.3 Å².